The molecule has 0 aromatic carbocycles. The smallest absolute Gasteiger partial charge is 1.00 e. The van der Waals surface area contributed by atoms with Gasteiger partial charge in [0.25, 0.3) is 0 Å². The zero-order valence-electron chi connectivity index (χ0n) is 8.29. The molecule has 0 amide bonds. The van der Waals surface area contributed by atoms with E-state index >= 15 is 0 Å². The maximum Gasteiger partial charge on any atom is 4.00 e. The summed E-state index contributed by atoms with van der Waals surface area (Å²) in [5.74, 6) is 0. The average Bonchev–Trinajstić information content (AvgIpc) is 1.89. The summed E-state index contributed by atoms with van der Waals surface area (Å²) in [6.45, 7) is 6.05. The van der Waals surface area contributed by atoms with Gasteiger partial charge in [0.1, 0.15) is 0 Å². The maximum atomic E-state index is 3.80. The molecule has 4 heteroatoms. The fourth-order valence-electron chi connectivity index (χ4n) is 0.957. The molecule has 13 heavy (non-hydrogen) atoms. The molecule has 0 spiro atoms. The fraction of sp³-hybridized carbons (Fsp3) is 0.889. The van der Waals surface area contributed by atoms with E-state index in [1.165, 1.54) is 38.5 Å². The summed E-state index contributed by atoms with van der Waals surface area (Å²) in [7, 11) is 0. The van der Waals surface area contributed by atoms with Crippen LogP contribution in [0.4, 0.5) is 0 Å². The van der Waals surface area contributed by atoms with Crippen LogP contribution in [0.15, 0.2) is 0 Å². The Morgan fingerprint density at radius 3 is 1.54 bits per heavy atom. The van der Waals surface area contributed by atoms with E-state index in [1.54, 1.807) is 0 Å². The Hall–Kier alpha value is 1.58. The van der Waals surface area contributed by atoms with Crippen LogP contribution >= 0.6 is 0 Å². The summed E-state index contributed by atoms with van der Waals surface area (Å²) >= 11 is 0. The molecule has 80 valence electrons. The monoisotopic (exact) mass is 280 g/mol. The van der Waals surface area contributed by atoms with Crippen LogP contribution in [0.2, 0.25) is 0 Å². The molecule has 0 radical (unpaired) electrons. The number of hydrogen-bond donors (Lipinski definition) is 0. The molecule has 0 saturated heterocycles. The Morgan fingerprint density at radius 1 is 0.769 bits per heavy atom. The summed E-state index contributed by atoms with van der Waals surface area (Å²) in [6, 6.07) is 0. The van der Waals surface area contributed by atoms with Crippen molar-refractivity contribution in [2.45, 2.75) is 51.9 Å². The molecule has 0 nitrogen and oxygen atoms in total. The normalized spacial score (nSPS) is 6.92. The third kappa shape index (κ3) is 31.7. The van der Waals surface area contributed by atoms with Crippen molar-refractivity contribution in [3.63, 3.8) is 0 Å². The van der Waals surface area contributed by atoms with Crippen LogP contribution in [-0.4, -0.2) is 0 Å². The van der Waals surface area contributed by atoms with Crippen molar-refractivity contribution in [3.8, 4) is 0 Å². The molecule has 0 heterocycles. The molecule has 0 aliphatic rings. The number of hydrogen-bond acceptors (Lipinski definition) is 0. The van der Waals surface area contributed by atoms with E-state index in [9.17, 15) is 0 Å². The van der Waals surface area contributed by atoms with Crippen molar-refractivity contribution >= 4 is 0 Å². The molecule has 0 N–H and O–H groups in total. The van der Waals surface area contributed by atoms with Crippen LogP contribution in [0.5, 0.6) is 0 Å². The second-order valence-corrected chi connectivity index (χ2v) is 2.62. The Morgan fingerprint density at radius 2 is 1.15 bits per heavy atom. The predicted molar refractivity (Wildman–Crippen MR) is 43.4 cm³/mol. The standard InChI is InChI=1S/C9H19.3ClH.Ti/c1-3-5-7-9-8-6-4-2;;;;/h1,3-9H2,2H3;3*1H;/q-1;;;;+4/p-3. The second kappa shape index (κ2) is 29.2. The topological polar surface area (TPSA) is 0 Å². The van der Waals surface area contributed by atoms with Gasteiger partial charge in [0, 0.05) is 0 Å². The van der Waals surface area contributed by atoms with Gasteiger partial charge >= 0.3 is 21.7 Å². The molecule has 0 atom stereocenters. The van der Waals surface area contributed by atoms with Crippen LogP contribution in [0.3, 0.4) is 0 Å². The van der Waals surface area contributed by atoms with E-state index in [4.69, 9.17) is 0 Å². The minimum Gasteiger partial charge on any atom is -1.00 e. The van der Waals surface area contributed by atoms with Gasteiger partial charge in [0.2, 0.25) is 0 Å². The number of rotatable bonds is 6. The third-order valence-corrected chi connectivity index (χ3v) is 1.60. The molecule has 0 saturated carbocycles. The molecular weight excluding hydrogens is 262 g/mol. The first kappa shape index (κ1) is 29.3. The number of halogens is 3. The van der Waals surface area contributed by atoms with Gasteiger partial charge in [0.05, 0.1) is 0 Å². The van der Waals surface area contributed by atoms with Crippen LogP contribution in [0.1, 0.15) is 51.9 Å². The predicted octanol–water partition coefficient (Wildman–Crippen LogP) is -5.42. The van der Waals surface area contributed by atoms with Crippen LogP contribution in [0.25, 0.3) is 0 Å². The molecule has 0 aromatic heterocycles. The van der Waals surface area contributed by atoms with Crippen LogP contribution in [0, 0.1) is 6.92 Å². The molecule has 0 aliphatic carbocycles. The number of unbranched alkanes of at least 4 members (excludes halogenated alkanes) is 6. The van der Waals surface area contributed by atoms with Gasteiger partial charge in [-0.1, -0.05) is 45.4 Å². The van der Waals surface area contributed by atoms with Crippen molar-refractivity contribution < 1.29 is 58.9 Å². The SMILES string of the molecule is [CH2-]CCCCCCCC.[Cl-].[Cl-].[Cl-].[Ti+4]. The average molecular weight is 281 g/mol. The molecular formula is C9H19Cl3Ti. The van der Waals surface area contributed by atoms with Gasteiger partial charge in [-0.3, -0.25) is 0 Å². The first-order chi connectivity index (χ1) is 4.41. The summed E-state index contributed by atoms with van der Waals surface area (Å²) in [6.07, 6.45) is 9.45. The molecule has 0 bridgehead atoms. The minimum absolute atomic E-state index is 0. The largest absolute Gasteiger partial charge is 4.00 e. The van der Waals surface area contributed by atoms with E-state index in [2.05, 4.69) is 13.8 Å². The van der Waals surface area contributed by atoms with E-state index < -0.39 is 0 Å². The molecule has 0 unspecified atom stereocenters. The van der Waals surface area contributed by atoms with Gasteiger partial charge in [-0.25, -0.2) is 0 Å². The Kier molecular flexibility index (Phi) is 65.8. The molecule has 0 aromatic rings. The molecule has 0 rings (SSSR count). The van der Waals surface area contributed by atoms with Crippen molar-refractivity contribution in [2.24, 2.45) is 0 Å². The van der Waals surface area contributed by atoms with Crippen molar-refractivity contribution in [1.29, 1.82) is 0 Å². The Balaban J connectivity index is -0.0000000533. The van der Waals surface area contributed by atoms with Crippen molar-refractivity contribution in [2.75, 3.05) is 0 Å². The molecule has 0 aliphatic heterocycles. The van der Waals surface area contributed by atoms with Gasteiger partial charge in [-0.15, -0.1) is 0 Å². The minimum atomic E-state index is 0. The van der Waals surface area contributed by atoms with Crippen LogP contribution < -0.4 is 37.2 Å². The van der Waals surface area contributed by atoms with Gasteiger partial charge in [-0.05, 0) is 0 Å². The summed E-state index contributed by atoms with van der Waals surface area (Å²) in [4.78, 5) is 0. The van der Waals surface area contributed by atoms with Crippen LogP contribution in [-0.2, 0) is 21.7 Å². The van der Waals surface area contributed by atoms with Crippen molar-refractivity contribution in [1.82, 2.24) is 0 Å². The van der Waals surface area contributed by atoms with E-state index in [-0.39, 0.29) is 58.9 Å². The fourth-order valence-corrected chi connectivity index (χ4v) is 0.957. The first-order valence-corrected chi connectivity index (χ1v) is 4.21. The quantitative estimate of drug-likeness (QED) is 0.259. The zero-order valence-corrected chi connectivity index (χ0v) is 12.1. The summed E-state index contributed by atoms with van der Waals surface area (Å²) in [5.41, 5.74) is 0. The van der Waals surface area contributed by atoms with E-state index in [0.29, 0.717) is 0 Å². The zero-order chi connectivity index (χ0) is 6.95. The third-order valence-electron chi connectivity index (χ3n) is 1.60. The Bertz CT molecular complexity index is 48.1. The van der Waals surface area contributed by atoms with E-state index in [1.807, 2.05) is 0 Å². The molecule has 0 fully saturated rings. The van der Waals surface area contributed by atoms with Gasteiger partial charge in [-0.2, -0.15) is 6.42 Å². The van der Waals surface area contributed by atoms with Gasteiger partial charge < -0.3 is 44.1 Å². The maximum absolute atomic E-state index is 3.80. The summed E-state index contributed by atoms with van der Waals surface area (Å²) < 4.78 is 0. The second-order valence-electron chi connectivity index (χ2n) is 2.62. The summed E-state index contributed by atoms with van der Waals surface area (Å²) in [5, 5.41) is 0. The van der Waals surface area contributed by atoms with E-state index in [0.717, 1.165) is 6.42 Å². The first-order valence-electron chi connectivity index (χ1n) is 4.21. The Labute approximate surface area is 117 Å². The van der Waals surface area contributed by atoms with Crippen molar-refractivity contribution in [3.05, 3.63) is 6.92 Å². The van der Waals surface area contributed by atoms with Gasteiger partial charge in [0.15, 0.2) is 0 Å².